The minimum atomic E-state index is 1.08. The summed E-state index contributed by atoms with van der Waals surface area (Å²) in [6, 6.07) is 8.48. The van der Waals surface area contributed by atoms with Crippen LogP contribution in [0.15, 0.2) is 36.9 Å². The SMILES string of the molecule is C=CCN1CCCCC1.c1cc2ccc1-2. The van der Waals surface area contributed by atoms with Crippen molar-refractivity contribution in [2.24, 2.45) is 0 Å². The van der Waals surface area contributed by atoms with Gasteiger partial charge in [0, 0.05) is 6.54 Å². The number of rotatable bonds is 2. The van der Waals surface area contributed by atoms with Crippen LogP contribution in [-0.2, 0) is 0 Å². The number of piperidine rings is 1. The summed E-state index contributed by atoms with van der Waals surface area (Å²) in [5.74, 6) is 0. The summed E-state index contributed by atoms with van der Waals surface area (Å²) >= 11 is 0. The number of fused-ring (bicyclic) bond motifs is 1. The summed E-state index contributed by atoms with van der Waals surface area (Å²) in [5.41, 5.74) is 2.85. The standard InChI is InChI=1S/C8H15N.C6H4/c1-2-6-9-7-4-3-5-8-9;1-2-6-4-3-5(1)6/h2H,1,3-8H2;1-4H. The van der Waals surface area contributed by atoms with Crippen molar-refractivity contribution in [2.45, 2.75) is 19.3 Å². The third kappa shape index (κ3) is 2.69. The summed E-state index contributed by atoms with van der Waals surface area (Å²) in [6.45, 7) is 7.36. The molecule has 3 rings (SSSR count). The molecule has 15 heavy (non-hydrogen) atoms. The van der Waals surface area contributed by atoms with Crippen molar-refractivity contribution in [2.75, 3.05) is 19.6 Å². The lowest BCUT2D eigenvalue weighted by Crippen LogP contribution is -2.29. The molecule has 1 heteroatoms. The first kappa shape index (κ1) is 10.4. The van der Waals surface area contributed by atoms with Crippen molar-refractivity contribution in [3.05, 3.63) is 36.9 Å². The number of hydrogen-bond acceptors (Lipinski definition) is 1. The summed E-state index contributed by atoms with van der Waals surface area (Å²) in [7, 11) is 0. The molecular weight excluding hydrogens is 182 g/mol. The fourth-order valence-electron chi connectivity index (χ4n) is 1.99. The first-order chi connectivity index (χ1) is 7.40. The Morgan fingerprint density at radius 1 is 1.00 bits per heavy atom. The highest BCUT2D eigenvalue weighted by Crippen LogP contribution is 2.29. The maximum absolute atomic E-state index is 3.71. The predicted molar refractivity (Wildman–Crippen MR) is 65.9 cm³/mol. The number of hydrogen-bond donors (Lipinski definition) is 0. The molecule has 0 unspecified atom stereocenters. The topological polar surface area (TPSA) is 3.24 Å². The number of likely N-dealkylation sites (tertiary alicyclic amines) is 1. The number of nitrogens with zero attached hydrogens (tertiary/aromatic N) is 1. The highest BCUT2D eigenvalue weighted by atomic mass is 15.1. The van der Waals surface area contributed by atoms with Gasteiger partial charge in [-0.3, -0.25) is 4.90 Å². The highest BCUT2D eigenvalue weighted by Gasteiger charge is 2.06. The third-order valence-electron chi connectivity index (χ3n) is 3.05. The van der Waals surface area contributed by atoms with Crippen molar-refractivity contribution in [1.29, 1.82) is 0 Å². The Hall–Kier alpha value is -1.08. The molecule has 0 N–H and O–H groups in total. The van der Waals surface area contributed by atoms with Gasteiger partial charge in [-0.25, -0.2) is 0 Å². The monoisotopic (exact) mass is 201 g/mol. The summed E-state index contributed by atoms with van der Waals surface area (Å²) < 4.78 is 0. The molecule has 0 aromatic rings. The van der Waals surface area contributed by atoms with Gasteiger partial charge in [-0.1, -0.05) is 36.8 Å². The van der Waals surface area contributed by atoms with E-state index in [1.54, 1.807) is 0 Å². The van der Waals surface area contributed by atoms with Crippen molar-refractivity contribution in [3.63, 3.8) is 0 Å². The minimum absolute atomic E-state index is 1.08. The molecule has 0 radical (unpaired) electrons. The van der Waals surface area contributed by atoms with E-state index in [-0.39, 0.29) is 0 Å². The predicted octanol–water partition coefficient (Wildman–Crippen LogP) is 3.33. The van der Waals surface area contributed by atoms with E-state index >= 15 is 0 Å². The Kier molecular flexibility index (Phi) is 3.57. The lowest BCUT2D eigenvalue weighted by molar-refractivity contribution is 0.251. The summed E-state index contributed by atoms with van der Waals surface area (Å²) in [4.78, 5) is 2.45. The van der Waals surface area contributed by atoms with Gasteiger partial charge in [-0.15, -0.1) is 6.58 Å². The quantitative estimate of drug-likeness (QED) is 0.674. The van der Waals surface area contributed by atoms with Crippen LogP contribution in [0.5, 0.6) is 0 Å². The molecule has 80 valence electrons. The molecule has 1 heterocycles. The van der Waals surface area contributed by atoms with Gasteiger partial charge in [0.05, 0.1) is 0 Å². The fourth-order valence-corrected chi connectivity index (χ4v) is 1.99. The van der Waals surface area contributed by atoms with Gasteiger partial charge in [-0.05, 0) is 37.1 Å². The Morgan fingerprint density at radius 3 is 1.87 bits per heavy atom. The van der Waals surface area contributed by atoms with Crippen LogP contribution in [0.1, 0.15) is 19.3 Å². The van der Waals surface area contributed by atoms with Crippen LogP contribution in [0.2, 0.25) is 0 Å². The maximum Gasteiger partial charge on any atom is 0.0160 e. The molecule has 0 bridgehead atoms. The van der Waals surface area contributed by atoms with Gasteiger partial charge in [0.1, 0.15) is 0 Å². The molecule has 0 aromatic carbocycles. The van der Waals surface area contributed by atoms with E-state index in [0.717, 1.165) is 6.54 Å². The van der Waals surface area contributed by atoms with E-state index in [1.165, 1.54) is 43.5 Å². The van der Waals surface area contributed by atoms with Crippen LogP contribution < -0.4 is 0 Å². The van der Waals surface area contributed by atoms with E-state index in [9.17, 15) is 0 Å². The van der Waals surface area contributed by atoms with Gasteiger partial charge < -0.3 is 0 Å². The third-order valence-corrected chi connectivity index (χ3v) is 3.05. The molecule has 1 fully saturated rings. The van der Waals surface area contributed by atoms with Crippen LogP contribution in [0, 0.1) is 0 Å². The molecule has 1 aliphatic heterocycles. The van der Waals surface area contributed by atoms with E-state index < -0.39 is 0 Å². The van der Waals surface area contributed by atoms with E-state index in [4.69, 9.17) is 0 Å². The van der Waals surface area contributed by atoms with Crippen LogP contribution >= 0.6 is 0 Å². The van der Waals surface area contributed by atoms with Gasteiger partial charge in [0.15, 0.2) is 0 Å². The molecule has 0 aromatic heterocycles. The molecule has 1 nitrogen and oxygen atoms in total. The van der Waals surface area contributed by atoms with Crippen molar-refractivity contribution in [3.8, 4) is 11.1 Å². The van der Waals surface area contributed by atoms with Crippen molar-refractivity contribution >= 4 is 0 Å². The lowest BCUT2D eigenvalue weighted by Gasteiger charge is -2.24. The minimum Gasteiger partial charge on any atom is -0.300 e. The maximum atomic E-state index is 3.71. The molecule has 3 aliphatic rings. The van der Waals surface area contributed by atoms with Gasteiger partial charge in [0.25, 0.3) is 0 Å². The van der Waals surface area contributed by atoms with Crippen molar-refractivity contribution < 1.29 is 0 Å². The first-order valence-electron chi connectivity index (χ1n) is 5.84. The molecular formula is C14H19N. The number of benzene rings is 1. The zero-order valence-corrected chi connectivity index (χ0v) is 9.28. The van der Waals surface area contributed by atoms with E-state index in [1.807, 2.05) is 6.08 Å². The second kappa shape index (κ2) is 5.13. The lowest BCUT2D eigenvalue weighted by atomic mass is 9.95. The Labute approximate surface area is 92.4 Å². The van der Waals surface area contributed by atoms with Crippen LogP contribution in [0.25, 0.3) is 11.1 Å². The normalized spacial score (nSPS) is 17.6. The van der Waals surface area contributed by atoms with Gasteiger partial charge >= 0.3 is 0 Å². The Balaban J connectivity index is 0.000000121. The first-order valence-corrected chi connectivity index (χ1v) is 5.84. The summed E-state index contributed by atoms with van der Waals surface area (Å²) in [6.07, 6.45) is 6.18. The zero-order chi connectivity index (χ0) is 10.5. The molecule has 0 atom stereocenters. The van der Waals surface area contributed by atoms with Gasteiger partial charge in [-0.2, -0.15) is 0 Å². The molecule has 0 saturated carbocycles. The second-order valence-corrected chi connectivity index (χ2v) is 4.23. The van der Waals surface area contributed by atoms with Crippen LogP contribution in [0.4, 0.5) is 0 Å². The Morgan fingerprint density at radius 2 is 1.53 bits per heavy atom. The van der Waals surface area contributed by atoms with Crippen molar-refractivity contribution in [1.82, 2.24) is 4.90 Å². The fraction of sp³-hybridized carbons (Fsp3) is 0.429. The second-order valence-electron chi connectivity index (χ2n) is 4.23. The molecule has 2 aliphatic carbocycles. The average Bonchev–Trinajstić information content (AvgIpc) is 2.26. The van der Waals surface area contributed by atoms with Crippen LogP contribution in [-0.4, -0.2) is 24.5 Å². The summed E-state index contributed by atoms with van der Waals surface area (Å²) in [5, 5.41) is 0. The van der Waals surface area contributed by atoms with Crippen LogP contribution in [0.3, 0.4) is 0 Å². The smallest absolute Gasteiger partial charge is 0.0160 e. The molecule has 1 saturated heterocycles. The zero-order valence-electron chi connectivity index (χ0n) is 9.28. The largest absolute Gasteiger partial charge is 0.300 e. The molecule has 0 spiro atoms. The molecule has 0 amide bonds. The van der Waals surface area contributed by atoms with E-state index in [0.29, 0.717) is 0 Å². The highest BCUT2D eigenvalue weighted by molar-refractivity contribution is 5.75. The Bertz CT molecular complexity index is 286. The van der Waals surface area contributed by atoms with Gasteiger partial charge in [0.2, 0.25) is 0 Å². The van der Waals surface area contributed by atoms with E-state index in [2.05, 4.69) is 35.7 Å². The average molecular weight is 201 g/mol.